The molecule has 13 heteroatoms. The monoisotopic (exact) mass is 840 g/mol. The van der Waals surface area contributed by atoms with Crippen molar-refractivity contribution in [2.24, 2.45) is 0 Å². The lowest BCUT2D eigenvalue weighted by atomic mass is 9.98. The number of nitrogens with two attached hydrogens (primary N) is 1. The summed E-state index contributed by atoms with van der Waals surface area (Å²) in [5.74, 6) is -0.0476. The first-order chi connectivity index (χ1) is 30.2. The van der Waals surface area contributed by atoms with E-state index in [4.69, 9.17) is 15.2 Å². The van der Waals surface area contributed by atoms with E-state index in [1.165, 1.54) is 0 Å². The highest BCUT2D eigenvalue weighted by Crippen LogP contribution is 2.39. The SMILES string of the molecule is Nc1ccccc1NC(=O)CCCCCCC(=O)NCc1cccc(-c2ccc([C@H]3O[C@@H](CN4CCN(c5ccc([N+](=O)[O-])cc5)CC4)C[C@@H](c4ccc(CO)cc4)O3)cc2)c1. The molecule has 0 bridgehead atoms. The van der Waals surface area contributed by atoms with Gasteiger partial charge in [0, 0.05) is 81.9 Å². The number of piperazine rings is 1. The van der Waals surface area contributed by atoms with Crippen LogP contribution in [0.4, 0.5) is 22.7 Å². The summed E-state index contributed by atoms with van der Waals surface area (Å²) < 4.78 is 13.3. The van der Waals surface area contributed by atoms with E-state index in [9.17, 15) is 24.8 Å². The number of ether oxygens (including phenoxy) is 2. The number of aliphatic hydroxyl groups is 1. The van der Waals surface area contributed by atoms with Crippen LogP contribution in [-0.2, 0) is 32.2 Å². The van der Waals surface area contributed by atoms with Gasteiger partial charge in [-0.3, -0.25) is 24.6 Å². The number of nitro benzene ring substituents is 1. The Labute approximate surface area is 363 Å². The lowest BCUT2D eigenvalue weighted by molar-refractivity contribution is -0.384. The Morgan fingerprint density at radius 2 is 1.44 bits per heavy atom. The van der Waals surface area contributed by atoms with Crippen molar-refractivity contribution in [1.29, 1.82) is 0 Å². The number of rotatable bonds is 18. The molecule has 0 saturated carbocycles. The Morgan fingerprint density at radius 1 is 0.742 bits per heavy atom. The number of hydrogen-bond donors (Lipinski definition) is 4. The molecule has 5 aromatic rings. The van der Waals surface area contributed by atoms with Gasteiger partial charge >= 0.3 is 0 Å². The van der Waals surface area contributed by atoms with E-state index in [0.29, 0.717) is 37.2 Å². The summed E-state index contributed by atoms with van der Waals surface area (Å²) in [4.78, 5) is 40.3. The van der Waals surface area contributed by atoms with Crippen molar-refractivity contribution in [3.05, 3.63) is 154 Å². The van der Waals surface area contributed by atoms with E-state index in [2.05, 4.69) is 56.8 Å². The third kappa shape index (κ3) is 12.3. The minimum absolute atomic E-state index is 0.00925. The maximum Gasteiger partial charge on any atom is 0.269 e. The maximum atomic E-state index is 12.7. The van der Waals surface area contributed by atoms with E-state index >= 15 is 0 Å². The first-order valence-electron chi connectivity index (χ1n) is 21.5. The first-order valence-corrected chi connectivity index (χ1v) is 21.5. The van der Waals surface area contributed by atoms with Crippen molar-refractivity contribution < 1.29 is 29.1 Å². The highest BCUT2D eigenvalue weighted by molar-refractivity contribution is 5.93. The minimum atomic E-state index is -0.577. The molecule has 5 aromatic carbocycles. The molecule has 0 aromatic heterocycles. The average Bonchev–Trinajstić information content (AvgIpc) is 3.30. The minimum Gasteiger partial charge on any atom is -0.397 e. The highest BCUT2D eigenvalue weighted by Gasteiger charge is 2.34. The summed E-state index contributed by atoms with van der Waals surface area (Å²) >= 11 is 0. The molecular weight excluding hydrogens is 785 g/mol. The zero-order valence-corrected chi connectivity index (χ0v) is 35.0. The largest absolute Gasteiger partial charge is 0.397 e. The third-order valence-corrected chi connectivity index (χ3v) is 11.6. The Balaban J connectivity index is 0.894. The average molecular weight is 841 g/mol. The molecule has 2 aliphatic rings. The van der Waals surface area contributed by atoms with E-state index in [1.54, 1.807) is 24.3 Å². The van der Waals surface area contributed by atoms with Gasteiger partial charge in [0.05, 0.1) is 35.1 Å². The molecule has 2 aliphatic heterocycles. The Hall–Kier alpha value is -6.12. The number of nitro groups is 1. The van der Waals surface area contributed by atoms with Crippen LogP contribution in [0.1, 0.15) is 79.6 Å². The van der Waals surface area contributed by atoms with Crippen LogP contribution in [0.25, 0.3) is 11.1 Å². The number of carbonyl (C=O) groups excluding carboxylic acids is 2. The molecule has 13 nitrogen and oxygen atoms in total. The fourth-order valence-corrected chi connectivity index (χ4v) is 8.03. The zero-order chi connectivity index (χ0) is 43.3. The lowest BCUT2D eigenvalue weighted by Gasteiger charge is -2.41. The van der Waals surface area contributed by atoms with Crippen LogP contribution in [0.15, 0.2) is 121 Å². The van der Waals surface area contributed by atoms with Gasteiger partial charge in [-0.1, -0.05) is 91.7 Å². The van der Waals surface area contributed by atoms with Crippen LogP contribution in [0, 0.1) is 10.1 Å². The normalized spacial score (nSPS) is 18.0. The number of para-hydroxylation sites is 2. The third-order valence-electron chi connectivity index (χ3n) is 11.6. The molecule has 0 unspecified atom stereocenters. The van der Waals surface area contributed by atoms with Gasteiger partial charge in [-0.25, -0.2) is 0 Å². The van der Waals surface area contributed by atoms with Gasteiger partial charge in [-0.05, 0) is 71.0 Å². The van der Waals surface area contributed by atoms with Crippen LogP contribution in [0.3, 0.4) is 0 Å². The molecule has 3 atom stereocenters. The van der Waals surface area contributed by atoms with Gasteiger partial charge in [0.15, 0.2) is 6.29 Å². The van der Waals surface area contributed by atoms with Gasteiger partial charge in [-0.2, -0.15) is 0 Å². The van der Waals surface area contributed by atoms with Crippen molar-refractivity contribution in [2.45, 2.75) is 76.6 Å². The van der Waals surface area contributed by atoms with Crippen molar-refractivity contribution in [3.8, 4) is 11.1 Å². The van der Waals surface area contributed by atoms with Gasteiger partial charge in [0.2, 0.25) is 11.8 Å². The van der Waals surface area contributed by atoms with Crippen LogP contribution < -0.4 is 21.3 Å². The lowest BCUT2D eigenvalue weighted by Crippen LogP contribution is -2.49. The molecule has 7 rings (SSSR count). The topological polar surface area (TPSA) is 173 Å². The van der Waals surface area contributed by atoms with E-state index < -0.39 is 6.29 Å². The molecule has 62 heavy (non-hydrogen) atoms. The number of unbranched alkanes of at least 4 members (excludes halogenated alkanes) is 3. The molecule has 2 fully saturated rings. The number of amides is 2. The van der Waals surface area contributed by atoms with Gasteiger partial charge in [-0.15, -0.1) is 0 Å². The number of benzene rings is 5. The quantitative estimate of drug-likeness (QED) is 0.0291. The van der Waals surface area contributed by atoms with Gasteiger partial charge in [0.25, 0.3) is 5.69 Å². The smallest absolute Gasteiger partial charge is 0.269 e. The Bertz CT molecular complexity index is 2250. The first kappa shape index (κ1) is 44.0. The van der Waals surface area contributed by atoms with Crippen molar-refractivity contribution in [1.82, 2.24) is 10.2 Å². The number of non-ortho nitro benzene ring substituents is 1. The fourth-order valence-electron chi connectivity index (χ4n) is 8.03. The molecule has 2 heterocycles. The molecule has 0 aliphatic carbocycles. The predicted octanol–water partition coefficient (Wildman–Crippen LogP) is 8.30. The second kappa shape index (κ2) is 21.6. The predicted molar refractivity (Wildman–Crippen MR) is 241 cm³/mol. The van der Waals surface area contributed by atoms with Crippen molar-refractivity contribution in [2.75, 3.05) is 48.7 Å². The number of hydrogen-bond acceptors (Lipinski definition) is 10. The Kier molecular flexibility index (Phi) is 15.3. The fraction of sp³-hybridized carbons (Fsp3) is 0.347. The molecule has 0 radical (unpaired) electrons. The second-order valence-electron chi connectivity index (χ2n) is 16.1. The van der Waals surface area contributed by atoms with Crippen LogP contribution in [0.2, 0.25) is 0 Å². The summed E-state index contributed by atoms with van der Waals surface area (Å²) in [6, 6.07) is 38.3. The molecule has 5 N–H and O–H groups in total. The molecule has 324 valence electrons. The molecule has 2 saturated heterocycles. The van der Waals surface area contributed by atoms with Crippen molar-refractivity contribution >= 4 is 34.6 Å². The van der Waals surface area contributed by atoms with Crippen molar-refractivity contribution in [3.63, 3.8) is 0 Å². The molecule has 2 amide bonds. The summed E-state index contributed by atoms with van der Waals surface area (Å²) in [5, 5.41) is 26.7. The summed E-state index contributed by atoms with van der Waals surface area (Å²) in [5.41, 5.74) is 14.1. The summed E-state index contributed by atoms with van der Waals surface area (Å²) in [6.45, 7) is 4.45. The Morgan fingerprint density at radius 3 is 2.13 bits per heavy atom. The van der Waals surface area contributed by atoms with E-state index in [-0.39, 0.29) is 41.2 Å². The zero-order valence-electron chi connectivity index (χ0n) is 35.0. The summed E-state index contributed by atoms with van der Waals surface area (Å²) in [7, 11) is 0. The number of nitrogens with zero attached hydrogens (tertiary/aromatic N) is 3. The maximum absolute atomic E-state index is 12.7. The van der Waals surface area contributed by atoms with Crippen LogP contribution in [0.5, 0.6) is 0 Å². The van der Waals surface area contributed by atoms with E-state index in [0.717, 1.165) is 97.5 Å². The van der Waals surface area contributed by atoms with Crippen LogP contribution >= 0.6 is 0 Å². The standard InChI is InChI=1S/C49H56N6O7/c50-44-10-5-6-11-45(44)52-48(58)13-4-2-1-3-12-47(57)51-32-36-8-7-9-40(30-36)37-18-20-39(21-19-37)49-61-43(31-46(62-49)38-16-14-35(34-56)15-17-38)33-53-26-28-54(29-27-53)41-22-24-42(25-23-41)55(59)60/h5-11,14-25,30,43,46,49,56H,1-4,12-13,26-29,31-34,50H2,(H,51,57)(H,52,58)/t43-,46+,49+/m1/s1. The summed E-state index contributed by atoms with van der Waals surface area (Å²) in [6.07, 6.45) is 3.95. The van der Waals surface area contributed by atoms with E-state index in [1.807, 2.05) is 60.7 Å². The molecular formula is C49H56N6O7. The molecule has 0 spiro atoms. The number of nitrogen functional groups attached to an aromatic ring is 1. The number of carbonyl (C=O) groups is 2. The second-order valence-corrected chi connectivity index (χ2v) is 16.1. The van der Waals surface area contributed by atoms with Crippen LogP contribution in [-0.4, -0.2) is 65.6 Å². The number of anilines is 3. The van der Waals surface area contributed by atoms with Gasteiger partial charge < -0.3 is 35.8 Å². The van der Waals surface area contributed by atoms with Gasteiger partial charge in [0.1, 0.15) is 0 Å². The highest BCUT2D eigenvalue weighted by atomic mass is 16.7. The number of nitrogens with one attached hydrogen (secondary N) is 2. The number of aliphatic hydroxyl groups excluding tert-OH is 1.